The van der Waals surface area contributed by atoms with Crippen molar-refractivity contribution in [2.45, 2.75) is 31.6 Å². The Kier molecular flexibility index (Phi) is 14.6. The third kappa shape index (κ3) is 11.6. The van der Waals surface area contributed by atoms with Crippen LogP contribution in [-0.4, -0.2) is 79.9 Å². The SMILES string of the molecule is CNC(=O)CN1CCC(OC(=O)Nc2ccccc2-c2ccccc2)CC1.CNc1ccc(CNCC(O)c2ccc(O)c(NC=O)c2)cc1. The lowest BCUT2D eigenvalue weighted by Crippen LogP contribution is -2.43. The van der Waals surface area contributed by atoms with Crippen molar-refractivity contribution in [2.24, 2.45) is 0 Å². The number of phenols is 1. The van der Waals surface area contributed by atoms with Crippen LogP contribution in [0.15, 0.2) is 97.1 Å². The van der Waals surface area contributed by atoms with Crippen LogP contribution in [0.2, 0.25) is 0 Å². The molecule has 12 nitrogen and oxygen atoms in total. The predicted molar refractivity (Wildman–Crippen MR) is 196 cm³/mol. The largest absolute Gasteiger partial charge is 0.506 e. The molecule has 1 aliphatic heterocycles. The molecule has 50 heavy (non-hydrogen) atoms. The molecule has 0 saturated carbocycles. The highest BCUT2D eigenvalue weighted by atomic mass is 16.6. The quantitative estimate of drug-likeness (QED) is 0.0765. The summed E-state index contributed by atoms with van der Waals surface area (Å²) in [5.41, 5.74) is 5.78. The molecule has 1 fully saturated rings. The number of benzene rings is 4. The molecule has 264 valence electrons. The predicted octanol–water partition coefficient (Wildman–Crippen LogP) is 4.94. The second-order valence-electron chi connectivity index (χ2n) is 11.7. The number of carbonyl (C=O) groups excluding carboxylic acids is 3. The molecule has 1 unspecified atom stereocenters. The van der Waals surface area contributed by atoms with E-state index in [0.717, 1.165) is 54.0 Å². The number of hydrogen-bond donors (Lipinski definition) is 7. The summed E-state index contributed by atoms with van der Waals surface area (Å²) in [5, 5.41) is 33.9. The lowest BCUT2D eigenvalue weighted by atomic mass is 10.0. The van der Waals surface area contributed by atoms with Crippen molar-refractivity contribution in [1.82, 2.24) is 15.5 Å². The highest BCUT2D eigenvalue weighted by molar-refractivity contribution is 5.91. The van der Waals surface area contributed by atoms with Gasteiger partial charge in [0.2, 0.25) is 12.3 Å². The number of ether oxygens (including phenoxy) is 1. The number of likely N-dealkylation sites (N-methyl/N-ethyl adjacent to an activating group) is 1. The second kappa shape index (κ2) is 19.5. The molecule has 4 aromatic carbocycles. The summed E-state index contributed by atoms with van der Waals surface area (Å²) in [4.78, 5) is 36.4. The van der Waals surface area contributed by atoms with Crippen molar-refractivity contribution >= 4 is 35.5 Å². The van der Waals surface area contributed by atoms with Crippen LogP contribution in [0.5, 0.6) is 5.75 Å². The molecule has 1 heterocycles. The molecule has 0 aliphatic carbocycles. The number of aromatic hydroxyl groups is 1. The first-order valence-electron chi connectivity index (χ1n) is 16.5. The van der Waals surface area contributed by atoms with E-state index < -0.39 is 12.2 Å². The fourth-order valence-corrected chi connectivity index (χ4v) is 5.42. The number of anilines is 3. The molecule has 12 heteroatoms. The molecule has 3 amide bonds. The molecule has 1 aliphatic rings. The molecule has 0 bridgehead atoms. The van der Waals surface area contributed by atoms with E-state index >= 15 is 0 Å². The number of nitrogens with zero attached hydrogens (tertiary/aromatic N) is 1. The van der Waals surface area contributed by atoms with Crippen molar-refractivity contribution in [3.05, 3.63) is 108 Å². The zero-order valence-electron chi connectivity index (χ0n) is 28.4. The Morgan fingerprint density at radius 2 is 1.62 bits per heavy atom. The first-order chi connectivity index (χ1) is 24.3. The van der Waals surface area contributed by atoms with Crippen LogP contribution in [0, 0.1) is 0 Å². The van der Waals surface area contributed by atoms with Crippen LogP contribution in [0.3, 0.4) is 0 Å². The molecule has 5 rings (SSSR count). The van der Waals surface area contributed by atoms with Gasteiger partial charge >= 0.3 is 6.09 Å². The molecule has 1 saturated heterocycles. The highest BCUT2D eigenvalue weighted by Crippen LogP contribution is 2.28. The van der Waals surface area contributed by atoms with Crippen LogP contribution >= 0.6 is 0 Å². The zero-order valence-corrected chi connectivity index (χ0v) is 28.4. The lowest BCUT2D eigenvalue weighted by Gasteiger charge is -2.31. The molecule has 0 radical (unpaired) electrons. The van der Waals surface area contributed by atoms with E-state index in [-0.39, 0.29) is 23.4 Å². The number of para-hydroxylation sites is 1. The molecule has 4 aromatic rings. The molecule has 7 N–H and O–H groups in total. The number of rotatable bonds is 13. The number of piperidine rings is 1. The van der Waals surface area contributed by atoms with Crippen LogP contribution in [0.1, 0.15) is 30.1 Å². The summed E-state index contributed by atoms with van der Waals surface area (Å²) in [6, 6.07) is 30.2. The van der Waals surface area contributed by atoms with Gasteiger partial charge in [-0.05, 0) is 59.9 Å². The number of phenolic OH excluding ortho intramolecular Hbond substituents is 1. The Balaban J connectivity index is 0.000000228. The monoisotopic (exact) mass is 682 g/mol. The van der Waals surface area contributed by atoms with Crippen molar-refractivity contribution in [3.8, 4) is 16.9 Å². The third-order valence-electron chi connectivity index (χ3n) is 8.23. The van der Waals surface area contributed by atoms with Crippen LogP contribution in [0.25, 0.3) is 11.1 Å². The summed E-state index contributed by atoms with van der Waals surface area (Å²) in [7, 11) is 3.50. The van der Waals surface area contributed by atoms with Gasteiger partial charge in [-0.2, -0.15) is 0 Å². The minimum Gasteiger partial charge on any atom is -0.506 e. The molecule has 0 spiro atoms. The summed E-state index contributed by atoms with van der Waals surface area (Å²) in [5.74, 6) is -0.0322. The Morgan fingerprint density at radius 1 is 0.920 bits per heavy atom. The first-order valence-corrected chi connectivity index (χ1v) is 16.5. The Morgan fingerprint density at radius 3 is 2.30 bits per heavy atom. The average molecular weight is 683 g/mol. The summed E-state index contributed by atoms with van der Waals surface area (Å²) in [6.45, 7) is 2.87. The Hall–Kier alpha value is -5.43. The summed E-state index contributed by atoms with van der Waals surface area (Å²) < 4.78 is 5.59. The minimum atomic E-state index is -0.737. The van der Waals surface area contributed by atoms with Gasteiger partial charge in [-0.25, -0.2) is 4.79 Å². The van der Waals surface area contributed by atoms with Gasteiger partial charge in [0.15, 0.2) is 0 Å². The van der Waals surface area contributed by atoms with E-state index in [1.807, 2.05) is 85.9 Å². The number of carbonyl (C=O) groups is 3. The smallest absolute Gasteiger partial charge is 0.411 e. The van der Waals surface area contributed by atoms with Crippen molar-refractivity contribution in [3.63, 3.8) is 0 Å². The number of aliphatic hydroxyl groups excluding tert-OH is 1. The average Bonchev–Trinajstić information content (AvgIpc) is 3.14. The fraction of sp³-hybridized carbons (Fsp3) is 0.289. The maximum atomic E-state index is 12.4. The maximum Gasteiger partial charge on any atom is 0.411 e. The topological polar surface area (TPSA) is 164 Å². The normalized spacial score (nSPS) is 13.6. The fourth-order valence-electron chi connectivity index (χ4n) is 5.42. The highest BCUT2D eigenvalue weighted by Gasteiger charge is 2.23. The van der Waals surface area contributed by atoms with Crippen molar-refractivity contribution in [1.29, 1.82) is 0 Å². The second-order valence-corrected chi connectivity index (χ2v) is 11.7. The number of hydrogen-bond acceptors (Lipinski definition) is 9. The van der Waals surface area contributed by atoms with Gasteiger partial charge in [-0.3, -0.25) is 19.8 Å². The van der Waals surface area contributed by atoms with Crippen LogP contribution in [-0.2, 0) is 20.9 Å². The molecular formula is C38H46N6O6. The zero-order chi connectivity index (χ0) is 35.7. The number of aliphatic hydroxyl groups is 1. The van der Waals surface area contributed by atoms with E-state index in [1.54, 1.807) is 19.2 Å². The van der Waals surface area contributed by atoms with Gasteiger partial charge in [0.1, 0.15) is 11.9 Å². The van der Waals surface area contributed by atoms with Gasteiger partial charge in [0.25, 0.3) is 0 Å². The van der Waals surface area contributed by atoms with Crippen LogP contribution in [0.4, 0.5) is 21.9 Å². The van der Waals surface area contributed by atoms with E-state index in [4.69, 9.17) is 4.74 Å². The van der Waals surface area contributed by atoms with Gasteiger partial charge in [-0.1, -0.05) is 66.7 Å². The van der Waals surface area contributed by atoms with Crippen LogP contribution < -0.4 is 26.6 Å². The maximum absolute atomic E-state index is 12.4. The molecular weight excluding hydrogens is 636 g/mol. The first kappa shape index (κ1) is 37.4. The van der Waals surface area contributed by atoms with Gasteiger partial charge < -0.3 is 36.2 Å². The Labute approximate surface area is 292 Å². The van der Waals surface area contributed by atoms with E-state index in [9.17, 15) is 24.6 Å². The molecule has 1 atom stereocenters. The Bertz CT molecular complexity index is 1660. The minimum absolute atomic E-state index is 0.00429. The molecule has 0 aromatic heterocycles. The number of likely N-dealkylation sites (tertiary alicyclic amines) is 1. The van der Waals surface area contributed by atoms with E-state index in [2.05, 4.69) is 31.5 Å². The van der Waals surface area contributed by atoms with Gasteiger partial charge in [-0.15, -0.1) is 0 Å². The summed E-state index contributed by atoms with van der Waals surface area (Å²) >= 11 is 0. The van der Waals surface area contributed by atoms with Gasteiger partial charge in [0.05, 0.1) is 24.0 Å². The third-order valence-corrected chi connectivity index (χ3v) is 8.23. The standard InChI is InChI=1S/C21H25N3O3.C17H21N3O3/c1-22-20(25)15-24-13-11-17(12-14-24)27-21(26)23-19-10-6-5-9-18(19)16-7-3-2-4-8-16;1-18-14-5-2-12(3-6-14)9-19-10-17(23)13-4-7-16(22)15(8-13)20-11-21/h2-10,17H,11-15H2,1H3,(H,22,25)(H,23,26);2-8,11,17-19,22-23H,9-10H2,1H3,(H,20,21). The van der Waals surface area contributed by atoms with E-state index in [1.165, 1.54) is 6.07 Å². The lowest BCUT2D eigenvalue weighted by molar-refractivity contribution is -0.122. The number of amides is 3. The summed E-state index contributed by atoms with van der Waals surface area (Å²) in [6.07, 6.45) is 0.630. The van der Waals surface area contributed by atoms with E-state index in [0.29, 0.717) is 31.6 Å². The van der Waals surface area contributed by atoms with Crippen molar-refractivity contribution in [2.75, 3.05) is 56.2 Å². The van der Waals surface area contributed by atoms with Crippen molar-refractivity contribution < 1.29 is 29.3 Å². The van der Waals surface area contributed by atoms with Gasteiger partial charge in [0, 0.05) is 51.5 Å². The number of nitrogens with one attached hydrogen (secondary N) is 5.